The van der Waals surface area contributed by atoms with E-state index in [1.807, 2.05) is 18.3 Å². The van der Waals surface area contributed by atoms with Crippen LogP contribution in [0.5, 0.6) is 0 Å². The first kappa shape index (κ1) is 11.0. The second kappa shape index (κ2) is 3.96. The third-order valence-corrected chi connectivity index (χ3v) is 3.95. The highest BCUT2D eigenvalue weighted by atomic mass is 79.9. The van der Waals surface area contributed by atoms with Crippen LogP contribution in [0.1, 0.15) is 12.8 Å². The number of nitrogens with zero attached hydrogens (tertiary/aromatic N) is 3. The summed E-state index contributed by atoms with van der Waals surface area (Å²) in [5, 5.41) is 7.63. The molecule has 3 rings (SSSR count). The number of anilines is 1. The van der Waals surface area contributed by atoms with Crippen molar-refractivity contribution in [2.75, 3.05) is 18.4 Å². The van der Waals surface area contributed by atoms with Gasteiger partial charge in [0.05, 0.1) is 4.47 Å². The van der Waals surface area contributed by atoms with Gasteiger partial charge in [0, 0.05) is 18.2 Å². The van der Waals surface area contributed by atoms with E-state index in [4.69, 9.17) is 5.73 Å². The average Bonchev–Trinajstić information content (AvgIpc) is 3.00. The fraction of sp³-hybridized carbons (Fsp3) is 0.455. The number of hydrogen-bond donors (Lipinski definition) is 2. The zero-order valence-corrected chi connectivity index (χ0v) is 10.9. The highest BCUT2D eigenvalue weighted by Gasteiger charge is 2.41. The first-order chi connectivity index (χ1) is 8.22. The first-order valence-corrected chi connectivity index (χ1v) is 6.47. The van der Waals surface area contributed by atoms with Crippen molar-refractivity contribution in [1.82, 2.24) is 14.6 Å². The molecule has 0 aromatic carbocycles. The highest BCUT2D eigenvalue weighted by molar-refractivity contribution is 9.10. The number of fused-ring (bicyclic) bond motifs is 1. The van der Waals surface area contributed by atoms with Crippen LogP contribution < -0.4 is 11.1 Å². The summed E-state index contributed by atoms with van der Waals surface area (Å²) in [6.07, 6.45) is 4.29. The molecule has 1 aliphatic rings. The molecule has 3 N–H and O–H groups in total. The average molecular weight is 296 g/mol. The lowest BCUT2D eigenvalue weighted by molar-refractivity contribution is 0.554. The summed E-state index contributed by atoms with van der Waals surface area (Å²) in [5.41, 5.74) is 6.85. The normalized spacial score (nSPS) is 17.3. The molecule has 17 heavy (non-hydrogen) atoms. The zero-order valence-electron chi connectivity index (χ0n) is 9.36. The minimum atomic E-state index is 0.286. The fourth-order valence-electron chi connectivity index (χ4n) is 1.84. The van der Waals surface area contributed by atoms with Crippen molar-refractivity contribution in [1.29, 1.82) is 0 Å². The van der Waals surface area contributed by atoms with Crippen LogP contribution in [0, 0.1) is 5.41 Å². The lowest BCUT2D eigenvalue weighted by Gasteiger charge is -2.11. The topological polar surface area (TPSA) is 68.2 Å². The molecular formula is C11H14BrN5. The Morgan fingerprint density at radius 3 is 3.00 bits per heavy atom. The molecule has 0 radical (unpaired) electrons. The monoisotopic (exact) mass is 295 g/mol. The predicted octanol–water partition coefficient (Wildman–Crippen LogP) is 1.64. The lowest BCUT2D eigenvalue weighted by atomic mass is 10.1. The molecule has 2 aromatic rings. The Labute approximate surface area is 108 Å². The maximum atomic E-state index is 5.74. The fourth-order valence-corrected chi connectivity index (χ4v) is 2.27. The van der Waals surface area contributed by atoms with E-state index >= 15 is 0 Å². The van der Waals surface area contributed by atoms with Gasteiger partial charge in [-0.05, 0) is 47.4 Å². The molecule has 2 heterocycles. The van der Waals surface area contributed by atoms with Crippen molar-refractivity contribution in [3.05, 3.63) is 22.8 Å². The molecule has 1 aliphatic carbocycles. The maximum absolute atomic E-state index is 5.74. The molecule has 5 nitrogen and oxygen atoms in total. The molecule has 0 saturated heterocycles. The van der Waals surface area contributed by atoms with Crippen LogP contribution >= 0.6 is 15.9 Å². The maximum Gasteiger partial charge on any atom is 0.243 e. The quantitative estimate of drug-likeness (QED) is 0.900. The van der Waals surface area contributed by atoms with Crippen molar-refractivity contribution in [3.8, 4) is 0 Å². The van der Waals surface area contributed by atoms with Crippen molar-refractivity contribution >= 4 is 27.5 Å². The molecule has 0 spiro atoms. The molecular weight excluding hydrogens is 282 g/mol. The van der Waals surface area contributed by atoms with Crippen LogP contribution in [0.25, 0.3) is 5.65 Å². The summed E-state index contributed by atoms with van der Waals surface area (Å²) in [4.78, 5) is 4.43. The predicted molar refractivity (Wildman–Crippen MR) is 69.9 cm³/mol. The van der Waals surface area contributed by atoms with E-state index in [1.165, 1.54) is 12.8 Å². The van der Waals surface area contributed by atoms with E-state index in [9.17, 15) is 0 Å². The summed E-state index contributed by atoms with van der Waals surface area (Å²) >= 11 is 3.46. The second-order valence-electron chi connectivity index (χ2n) is 4.62. The van der Waals surface area contributed by atoms with Gasteiger partial charge in [0.2, 0.25) is 5.95 Å². The SMILES string of the molecule is NCC1(CNc2nc3c(Br)cccn3n2)CC1. The molecule has 2 aromatic heterocycles. The third kappa shape index (κ3) is 2.02. The number of nitrogens with one attached hydrogen (secondary N) is 1. The molecule has 90 valence electrons. The summed E-state index contributed by atoms with van der Waals surface area (Å²) in [5.74, 6) is 0.664. The van der Waals surface area contributed by atoms with Crippen molar-refractivity contribution < 1.29 is 0 Å². The van der Waals surface area contributed by atoms with Gasteiger partial charge in [-0.1, -0.05) is 0 Å². The van der Waals surface area contributed by atoms with Crippen LogP contribution in [0.2, 0.25) is 0 Å². The van der Waals surface area contributed by atoms with Crippen molar-refractivity contribution in [2.24, 2.45) is 11.1 Å². The van der Waals surface area contributed by atoms with Gasteiger partial charge in [0.25, 0.3) is 0 Å². The van der Waals surface area contributed by atoms with E-state index in [-0.39, 0.29) is 5.41 Å². The molecule has 1 fully saturated rings. The van der Waals surface area contributed by atoms with Gasteiger partial charge in [0.15, 0.2) is 5.65 Å². The molecule has 0 unspecified atom stereocenters. The van der Waals surface area contributed by atoms with Crippen LogP contribution in [-0.4, -0.2) is 27.7 Å². The molecule has 0 bridgehead atoms. The Balaban J connectivity index is 1.79. The number of rotatable bonds is 4. The summed E-state index contributed by atoms with van der Waals surface area (Å²) in [6.45, 7) is 1.59. The Morgan fingerprint density at radius 1 is 1.53 bits per heavy atom. The lowest BCUT2D eigenvalue weighted by Crippen LogP contribution is -2.24. The number of nitrogens with two attached hydrogens (primary N) is 1. The summed E-state index contributed by atoms with van der Waals surface area (Å²) in [7, 11) is 0. The number of hydrogen-bond acceptors (Lipinski definition) is 4. The number of halogens is 1. The summed E-state index contributed by atoms with van der Waals surface area (Å²) < 4.78 is 2.70. The zero-order chi connectivity index (χ0) is 11.9. The van der Waals surface area contributed by atoms with Gasteiger partial charge in [-0.3, -0.25) is 0 Å². The van der Waals surface area contributed by atoms with Crippen LogP contribution in [-0.2, 0) is 0 Å². The Bertz CT molecular complexity index is 546. The van der Waals surface area contributed by atoms with E-state index in [0.717, 1.165) is 23.2 Å². The van der Waals surface area contributed by atoms with E-state index < -0.39 is 0 Å². The van der Waals surface area contributed by atoms with Crippen LogP contribution in [0.15, 0.2) is 22.8 Å². The smallest absolute Gasteiger partial charge is 0.243 e. The van der Waals surface area contributed by atoms with Gasteiger partial charge in [-0.15, -0.1) is 5.10 Å². The van der Waals surface area contributed by atoms with Gasteiger partial charge < -0.3 is 11.1 Å². The van der Waals surface area contributed by atoms with Gasteiger partial charge in [-0.25, -0.2) is 4.52 Å². The molecule has 6 heteroatoms. The summed E-state index contributed by atoms with van der Waals surface area (Å²) in [6, 6.07) is 3.88. The minimum absolute atomic E-state index is 0.286. The van der Waals surface area contributed by atoms with Gasteiger partial charge in [0.1, 0.15) is 0 Å². The minimum Gasteiger partial charge on any atom is -0.352 e. The molecule has 0 amide bonds. The first-order valence-electron chi connectivity index (χ1n) is 5.67. The van der Waals surface area contributed by atoms with Gasteiger partial charge in [-0.2, -0.15) is 4.98 Å². The van der Waals surface area contributed by atoms with Crippen molar-refractivity contribution in [2.45, 2.75) is 12.8 Å². The van der Waals surface area contributed by atoms with Crippen LogP contribution in [0.3, 0.4) is 0 Å². The van der Waals surface area contributed by atoms with Crippen molar-refractivity contribution in [3.63, 3.8) is 0 Å². The van der Waals surface area contributed by atoms with Gasteiger partial charge >= 0.3 is 0 Å². The highest BCUT2D eigenvalue weighted by Crippen LogP contribution is 2.44. The van der Waals surface area contributed by atoms with E-state index in [0.29, 0.717) is 5.95 Å². The Hall–Kier alpha value is -1.14. The molecule has 0 atom stereocenters. The van der Waals surface area contributed by atoms with E-state index in [1.54, 1.807) is 4.52 Å². The Morgan fingerprint density at radius 2 is 2.35 bits per heavy atom. The molecule has 0 aliphatic heterocycles. The standard InChI is InChI=1S/C11H14BrN5/c12-8-2-1-5-17-9(8)15-10(16-17)14-7-11(6-13)3-4-11/h1-2,5H,3-4,6-7,13H2,(H,14,16). The number of pyridine rings is 1. The number of aromatic nitrogens is 3. The van der Waals surface area contributed by atoms with E-state index in [2.05, 4.69) is 31.3 Å². The molecule has 1 saturated carbocycles. The van der Waals surface area contributed by atoms with Crippen LogP contribution in [0.4, 0.5) is 5.95 Å². The third-order valence-electron chi connectivity index (χ3n) is 3.33. The largest absolute Gasteiger partial charge is 0.352 e. The Kier molecular flexibility index (Phi) is 2.56. The second-order valence-corrected chi connectivity index (χ2v) is 5.47.